The molecule has 0 aromatic carbocycles. The van der Waals surface area contributed by atoms with Gasteiger partial charge in [-0.3, -0.25) is 4.79 Å². The summed E-state index contributed by atoms with van der Waals surface area (Å²) < 4.78 is 0. The quantitative estimate of drug-likeness (QED) is 0.587. The minimum Gasteiger partial charge on any atom is -0.480 e. The Morgan fingerprint density at radius 2 is 2.12 bits per heavy atom. The van der Waals surface area contributed by atoms with Crippen molar-refractivity contribution in [2.45, 2.75) is 0 Å². The smallest absolute Gasteiger partial charge is 0.323 e. The van der Waals surface area contributed by atoms with E-state index in [-0.39, 0.29) is 19.1 Å². The second kappa shape index (κ2) is 7.54. The number of nitrogens with zero attached hydrogens (tertiary/aromatic N) is 2. The van der Waals surface area contributed by atoms with Crippen LogP contribution in [0.25, 0.3) is 0 Å². The van der Waals surface area contributed by atoms with E-state index < -0.39 is 5.97 Å². The van der Waals surface area contributed by atoms with E-state index in [9.17, 15) is 9.59 Å². The molecule has 0 unspecified atom stereocenters. The standard InChI is InChI=1S/C10H17N3O3/c1-4-6-13(8-9(14)15)10(16)12(3)7-5-11-2/h1,11H,5-8H2,2-3H3,(H,14,15). The fourth-order valence-electron chi connectivity index (χ4n) is 1.08. The number of aliphatic carboxylic acids is 1. The molecule has 0 saturated carbocycles. The van der Waals surface area contributed by atoms with Crippen LogP contribution in [0.15, 0.2) is 0 Å². The number of urea groups is 1. The van der Waals surface area contributed by atoms with Crippen molar-refractivity contribution >= 4 is 12.0 Å². The SMILES string of the molecule is C#CCN(CC(=O)O)C(=O)N(C)CCNC. The minimum absolute atomic E-state index is 0.00493. The minimum atomic E-state index is -1.08. The zero-order valence-electron chi connectivity index (χ0n) is 9.56. The molecule has 0 bridgehead atoms. The van der Waals surface area contributed by atoms with E-state index in [1.807, 2.05) is 0 Å². The molecule has 0 aliphatic heterocycles. The highest BCUT2D eigenvalue weighted by atomic mass is 16.4. The molecular weight excluding hydrogens is 210 g/mol. The van der Waals surface area contributed by atoms with Crippen molar-refractivity contribution in [1.29, 1.82) is 0 Å². The molecule has 0 fully saturated rings. The average molecular weight is 227 g/mol. The van der Waals surface area contributed by atoms with Crippen LogP contribution in [0, 0.1) is 12.3 Å². The summed E-state index contributed by atoms with van der Waals surface area (Å²) in [4.78, 5) is 24.8. The summed E-state index contributed by atoms with van der Waals surface area (Å²) in [6.07, 6.45) is 5.08. The van der Waals surface area contributed by atoms with Crippen molar-refractivity contribution in [2.75, 3.05) is 40.3 Å². The van der Waals surface area contributed by atoms with Crippen molar-refractivity contribution < 1.29 is 14.7 Å². The first-order valence-electron chi connectivity index (χ1n) is 4.82. The Labute approximate surface area is 95.2 Å². The third-order valence-corrected chi connectivity index (χ3v) is 1.90. The van der Waals surface area contributed by atoms with Gasteiger partial charge in [-0.15, -0.1) is 6.42 Å². The van der Waals surface area contributed by atoms with Crippen LogP contribution >= 0.6 is 0 Å². The van der Waals surface area contributed by atoms with Crippen molar-refractivity contribution in [3.8, 4) is 12.3 Å². The number of amides is 2. The van der Waals surface area contributed by atoms with Gasteiger partial charge in [0.1, 0.15) is 6.54 Å². The molecule has 6 nitrogen and oxygen atoms in total. The largest absolute Gasteiger partial charge is 0.480 e. The number of carbonyl (C=O) groups excluding carboxylic acids is 1. The summed E-state index contributed by atoms with van der Waals surface area (Å²) in [5, 5.41) is 11.5. The van der Waals surface area contributed by atoms with Gasteiger partial charge in [0, 0.05) is 20.1 Å². The van der Waals surface area contributed by atoms with Crippen molar-refractivity contribution in [2.24, 2.45) is 0 Å². The van der Waals surface area contributed by atoms with E-state index in [1.165, 1.54) is 4.90 Å². The predicted molar refractivity (Wildman–Crippen MR) is 60.0 cm³/mol. The molecule has 6 heteroatoms. The molecule has 0 atom stereocenters. The molecule has 90 valence electrons. The molecule has 0 rings (SSSR count). The summed E-state index contributed by atoms with van der Waals surface area (Å²) in [6.45, 7) is 0.747. The molecule has 0 radical (unpaired) electrons. The van der Waals surface area contributed by atoms with Crippen LogP contribution in [-0.2, 0) is 4.79 Å². The first-order valence-corrected chi connectivity index (χ1v) is 4.82. The van der Waals surface area contributed by atoms with Gasteiger partial charge >= 0.3 is 12.0 Å². The third kappa shape index (κ3) is 5.22. The highest BCUT2D eigenvalue weighted by Crippen LogP contribution is 1.96. The lowest BCUT2D eigenvalue weighted by molar-refractivity contribution is -0.137. The van der Waals surface area contributed by atoms with E-state index in [0.717, 1.165) is 4.90 Å². The van der Waals surface area contributed by atoms with Gasteiger partial charge in [-0.05, 0) is 7.05 Å². The normalized spacial score (nSPS) is 9.31. The molecule has 2 N–H and O–H groups in total. The van der Waals surface area contributed by atoms with Crippen LogP contribution in [0.5, 0.6) is 0 Å². The lowest BCUT2D eigenvalue weighted by atomic mass is 10.4. The maximum Gasteiger partial charge on any atom is 0.323 e. The van der Waals surface area contributed by atoms with Crippen LogP contribution in [0.4, 0.5) is 4.79 Å². The highest BCUT2D eigenvalue weighted by molar-refractivity contribution is 5.80. The molecule has 16 heavy (non-hydrogen) atoms. The first-order chi connectivity index (χ1) is 7.52. The van der Waals surface area contributed by atoms with Gasteiger partial charge in [0.05, 0.1) is 6.54 Å². The van der Waals surface area contributed by atoms with E-state index in [4.69, 9.17) is 11.5 Å². The van der Waals surface area contributed by atoms with E-state index in [2.05, 4.69) is 11.2 Å². The number of terminal acetylenes is 1. The monoisotopic (exact) mass is 227 g/mol. The van der Waals surface area contributed by atoms with Crippen molar-refractivity contribution in [3.63, 3.8) is 0 Å². The third-order valence-electron chi connectivity index (χ3n) is 1.90. The summed E-state index contributed by atoms with van der Waals surface area (Å²) in [5.74, 6) is 1.19. The Morgan fingerprint density at radius 1 is 1.50 bits per heavy atom. The average Bonchev–Trinajstić information content (AvgIpc) is 2.23. The van der Waals surface area contributed by atoms with Gasteiger partial charge in [-0.2, -0.15) is 0 Å². The van der Waals surface area contributed by atoms with Crippen LogP contribution in [-0.4, -0.2) is 67.2 Å². The highest BCUT2D eigenvalue weighted by Gasteiger charge is 2.18. The maximum absolute atomic E-state index is 11.7. The first kappa shape index (κ1) is 14.3. The molecule has 0 aliphatic rings. The Morgan fingerprint density at radius 3 is 2.56 bits per heavy atom. The molecule has 0 aromatic rings. The zero-order chi connectivity index (χ0) is 12.6. The number of nitrogens with one attached hydrogen (secondary N) is 1. The van der Waals surface area contributed by atoms with Gasteiger partial charge in [-0.25, -0.2) is 4.79 Å². The van der Waals surface area contributed by atoms with E-state index in [1.54, 1.807) is 14.1 Å². The lowest BCUT2D eigenvalue weighted by Crippen LogP contribution is -2.45. The zero-order valence-corrected chi connectivity index (χ0v) is 9.56. The van der Waals surface area contributed by atoms with Gasteiger partial charge < -0.3 is 20.2 Å². The Kier molecular flexibility index (Phi) is 6.72. The summed E-state index contributed by atoms with van der Waals surface area (Å²) in [5.41, 5.74) is 0. The summed E-state index contributed by atoms with van der Waals surface area (Å²) >= 11 is 0. The van der Waals surface area contributed by atoms with Gasteiger partial charge in [0.25, 0.3) is 0 Å². The lowest BCUT2D eigenvalue weighted by Gasteiger charge is -2.25. The van der Waals surface area contributed by atoms with Gasteiger partial charge in [0.15, 0.2) is 0 Å². The van der Waals surface area contributed by atoms with Crippen LogP contribution in [0.2, 0.25) is 0 Å². The predicted octanol–water partition coefficient (Wildman–Crippen LogP) is -0.723. The van der Waals surface area contributed by atoms with Gasteiger partial charge in [0.2, 0.25) is 0 Å². The van der Waals surface area contributed by atoms with E-state index in [0.29, 0.717) is 13.1 Å². The molecule has 0 spiro atoms. The van der Waals surface area contributed by atoms with Gasteiger partial charge in [-0.1, -0.05) is 5.92 Å². The van der Waals surface area contributed by atoms with Crippen molar-refractivity contribution in [1.82, 2.24) is 15.1 Å². The summed E-state index contributed by atoms with van der Waals surface area (Å²) in [6, 6.07) is -0.379. The molecular formula is C10H17N3O3. The topological polar surface area (TPSA) is 72.9 Å². The van der Waals surface area contributed by atoms with Crippen LogP contribution in [0.1, 0.15) is 0 Å². The van der Waals surface area contributed by atoms with E-state index >= 15 is 0 Å². The van der Waals surface area contributed by atoms with Crippen molar-refractivity contribution in [3.05, 3.63) is 0 Å². The number of rotatable bonds is 6. The molecule has 0 heterocycles. The number of carboxylic acids is 1. The fourth-order valence-corrected chi connectivity index (χ4v) is 1.08. The van der Waals surface area contributed by atoms with Crippen LogP contribution < -0.4 is 5.32 Å². The molecule has 0 aliphatic carbocycles. The molecule has 0 aromatic heterocycles. The maximum atomic E-state index is 11.7. The van der Waals surface area contributed by atoms with Crippen LogP contribution in [0.3, 0.4) is 0 Å². The Hall–Kier alpha value is -1.74. The second-order valence-corrected chi connectivity index (χ2v) is 3.26. The number of likely N-dealkylation sites (N-methyl/N-ethyl adjacent to an activating group) is 2. The Bertz CT molecular complexity index is 286. The number of carboxylic acid groups (broad SMARTS) is 1. The number of hydrogen-bond acceptors (Lipinski definition) is 3. The summed E-state index contributed by atoms with van der Waals surface area (Å²) in [7, 11) is 3.37. The molecule has 0 saturated heterocycles. The number of carbonyl (C=O) groups is 2. The fraction of sp³-hybridized carbons (Fsp3) is 0.600. The second-order valence-electron chi connectivity index (χ2n) is 3.26. The molecule has 2 amide bonds. The number of hydrogen-bond donors (Lipinski definition) is 2. The Balaban J connectivity index is 4.36.